The standard InChI is InChI=1S/C11H15NO5S/c1-18(14,15)7-6-16-11(13)8-17-10-4-2-9(12)3-5-10/h2-5H,6-8,12H2,1H3. The molecule has 1 aromatic rings. The normalized spacial score (nSPS) is 10.9. The molecule has 0 spiro atoms. The summed E-state index contributed by atoms with van der Waals surface area (Å²) in [6.07, 6.45) is 1.08. The molecule has 2 N–H and O–H groups in total. The highest BCUT2D eigenvalue weighted by Crippen LogP contribution is 2.12. The summed E-state index contributed by atoms with van der Waals surface area (Å²) in [5.41, 5.74) is 6.08. The van der Waals surface area contributed by atoms with Gasteiger partial charge in [-0.2, -0.15) is 0 Å². The van der Waals surface area contributed by atoms with Crippen molar-refractivity contribution in [2.75, 3.05) is 31.0 Å². The minimum absolute atomic E-state index is 0.164. The summed E-state index contributed by atoms with van der Waals surface area (Å²) in [6.45, 7) is -0.434. The maximum Gasteiger partial charge on any atom is 0.344 e. The Morgan fingerprint density at radius 1 is 1.28 bits per heavy atom. The van der Waals surface area contributed by atoms with E-state index in [0.29, 0.717) is 11.4 Å². The van der Waals surface area contributed by atoms with Crippen molar-refractivity contribution >= 4 is 21.5 Å². The summed E-state index contributed by atoms with van der Waals surface area (Å²) in [6, 6.07) is 6.53. The number of carbonyl (C=O) groups excluding carboxylic acids is 1. The van der Waals surface area contributed by atoms with E-state index in [2.05, 4.69) is 0 Å². The molecule has 0 aliphatic heterocycles. The van der Waals surface area contributed by atoms with Gasteiger partial charge in [-0.3, -0.25) is 0 Å². The van der Waals surface area contributed by atoms with Crippen molar-refractivity contribution in [2.24, 2.45) is 0 Å². The third kappa shape index (κ3) is 6.09. The average Bonchev–Trinajstić information content (AvgIpc) is 2.26. The molecule has 0 aliphatic carbocycles. The van der Waals surface area contributed by atoms with Gasteiger partial charge in [0.1, 0.15) is 12.4 Å². The second kappa shape index (κ2) is 6.25. The Morgan fingerprint density at radius 2 is 1.89 bits per heavy atom. The first-order valence-corrected chi connectivity index (χ1v) is 7.24. The van der Waals surface area contributed by atoms with Gasteiger partial charge in [-0.05, 0) is 24.3 Å². The van der Waals surface area contributed by atoms with Gasteiger partial charge in [-0.15, -0.1) is 0 Å². The van der Waals surface area contributed by atoms with E-state index in [9.17, 15) is 13.2 Å². The summed E-state index contributed by atoms with van der Waals surface area (Å²) < 4.78 is 31.4. The van der Waals surface area contributed by atoms with Crippen LogP contribution in [-0.4, -0.2) is 39.6 Å². The molecule has 100 valence electrons. The molecule has 0 saturated carbocycles. The highest BCUT2D eigenvalue weighted by molar-refractivity contribution is 7.90. The highest BCUT2D eigenvalue weighted by Gasteiger charge is 2.07. The predicted molar refractivity (Wildman–Crippen MR) is 67.0 cm³/mol. The fourth-order valence-electron chi connectivity index (χ4n) is 1.05. The lowest BCUT2D eigenvalue weighted by Crippen LogP contribution is -2.19. The van der Waals surface area contributed by atoms with Crippen molar-refractivity contribution in [3.05, 3.63) is 24.3 Å². The molecule has 18 heavy (non-hydrogen) atoms. The van der Waals surface area contributed by atoms with Crippen LogP contribution in [0, 0.1) is 0 Å². The fraction of sp³-hybridized carbons (Fsp3) is 0.364. The van der Waals surface area contributed by atoms with Crippen LogP contribution in [-0.2, 0) is 19.4 Å². The van der Waals surface area contributed by atoms with Crippen LogP contribution in [0.1, 0.15) is 0 Å². The second-order valence-electron chi connectivity index (χ2n) is 3.71. The maximum absolute atomic E-state index is 11.2. The van der Waals surface area contributed by atoms with Crippen molar-refractivity contribution in [1.29, 1.82) is 0 Å². The summed E-state index contributed by atoms with van der Waals surface area (Å²) in [4.78, 5) is 11.2. The molecule has 1 rings (SSSR count). The molecule has 6 nitrogen and oxygen atoms in total. The number of nitrogens with two attached hydrogens (primary N) is 1. The van der Waals surface area contributed by atoms with Gasteiger partial charge < -0.3 is 15.2 Å². The summed E-state index contributed by atoms with van der Waals surface area (Å²) in [5.74, 6) is -0.319. The molecule has 0 unspecified atom stereocenters. The quantitative estimate of drug-likeness (QED) is 0.589. The zero-order valence-corrected chi connectivity index (χ0v) is 10.8. The lowest BCUT2D eigenvalue weighted by atomic mass is 10.3. The number of hydrogen-bond acceptors (Lipinski definition) is 6. The van der Waals surface area contributed by atoms with Gasteiger partial charge in [0.2, 0.25) is 0 Å². The Labute approximate surface area is 106 Å². The van der Waals surface area contributed by atoms with Crippen LogP contribution in [0.5, 0.6) is 5.75 Å². The first-order chi connectivity index (χ1) is 8.37. The van der Waals surface area contributed by atoms with E-state index in [1.807, 2.05) is 0 Å². The molecule has 0 bridgehead atoms. The van der Waals surface area contributed by atoms with Crippen molar-refractivity contribution in [1.82, 2.24) is 0 Å². The van der Waals surface area contributed by atoms with Crippen LogP contribution in [0.2, 0.25) is 0 Å². The zero-order valence-electron chi connectivity index (χ0n) is 9.96. The molecule has 0 radical (unpaired) electrons. The van der Waals surface area contributed by atoms with E-state index in [4.69, 9.17) is 15.2 Å². The van der Waals surface area contributed by atoms with E-state index >= 15 is 0 Å². The molecule has 1 aromatic carbocycles. The van der Waals surface area contributed by atoms with Gasteiger partial charge >= 0.3 is 5.97 Å². The summed E-state index contributed by atoms with van der Waals surface area (Å²) in [5, 5.41) is 0. The number of anilines is 1. The largest absolute Gasteiger partial charge is 0.482 e. The van der Waals surface area contributed by atoms with Crippen molar-refractivity contribution in [3.63, 3.8) is 0 Å². The number of benzene rings is 1. The van der Waals surface area contributed by atoms with Crippen molar-refractivity contribution in [2.45, 2.75) is 0 Å². The molecule has 0 saturated heterocycles. The molecular formula is C11H15NO5S. The van der Waals surface area contributed by atoms with E-state index < -0.39 is 15.8 Å². The van der Waals surface area contributed by atoms with Gasteiger partial charge in [0.15, 0.2) is 16.4 Å². The van der Waals surface area contributed by atoms with Gasteiger partial charge in [-0.1, -0.05) is 0 Å². The van der Waals surface area contributed by atoms with Gasteiger partial charge in [0.05, 0.1) is 5.75 Å². The monoisotopic (exact) mass is 273 g/mol. The Bertz CT molecular complexity index is 495. The molecule has 0 fully saturated rings. The number of carbonyl (C=O) groups is 1. The first-order valence-electron chi connectivity index (χ1n) is 5.18. The number of nitrogen functional groups attached to an aromatic ring is 1. The predicted octanol–water partition coefficient (Wildman–Crippen LogP) is 0.235. The van der Waals surface area contributed by atoms with Crippen molar-refractivity contribution < 1.29 is 22.7 Å². The van der Waals surface area contributed by atoms with Gasteiger partial charge in [-0.25, -0.2) is 13.2 Å². The van der Waals surface area contributed by atoms with E-state index in [1.165, 1.54) is 0 Å². The van der Waals surface area contributed by atoms with E-state index in [1.54, 1.807) is 24.3 Å². The molecule has 0 amide bonds. The highest BCUT2D eigenvalue weighted by atomic mass is 32.2. The number of sulfone groups is 1. The summed E-state index contributed by atoms with van der Waals surface area (Å²) in [7, 11) is -3.12. The smallest absolute Gasteiger partial charge is 0.344 e. The van der Waals surface area contributed by atoms with Gasteiger partial charge in [0.25, 0.3) is 0 Å². The van der Waals surface area contributed by atoms with Crippen molar-refractivity contribution in [3.8, 4) is 5.75 Å². The SMILES string of the molecule is CS(=O)(=O)CCOC(=O)COc1ccc(N)cc1. The fourth-order valence-corrected chi connectivity index (χ4v) is 1.44. The Morgan fingerprint density at radius 3 is 2.44 bits per heavy atom. The minimum Gasteiger partial charge on any atom is -0.482 e. The zero-order chi connectivity index (χ0) is 13.6. The lowest BCUT2D eigenvalue weighted by molar-refractivity contribution is -0.145. The topological polar surface area (TPSA) is 95.7 Å². The first kappa shape index (κ1) is 14.3. The Balaban J connectivity index is 2.27. The molecular weight excluding hydrogens is 258 g/mol. The van der Waals surface area contributed by atoms with E-state index in [0.717, 1.165) is 6.26 Å². The molecule has 0 atom stereocenters. The van der Waals surface area contributed by atoms with Crippen LogP contribution >= 0.6 is 0 Å². The lowest BCUT2D eigenvalue weighted by Gasteiger charge is -2.06. The maximum atomic E-state index is 11.2. The van der Waals surface area contributed by atoms with Crippen LogP contribution in [0.3, 0.4) is 0 Å². The van der Waals surface area contributed by atoms with Crippen LogP contribution < -0.4 is 10.5 Å². The number of rotatable bonds is 6. The number of ether oxygens (including phenoxy) is 2. The summed E-state index contributed by atoms with van der Waals surface area (Å²) >= 11 is 0. The third-order valence-electron chi connectivity index (χ3n) is 1.95. The second-order valence-corrected chi connectivity index (χ2v) is 5.97. The number of esters is 1. The minimum atomic E-state index is -3.12. The average molecular weight is 273 g/mol. The van der Waals surface area contributed by atoms with E-state index in [-0.39, 0.29) is 19.0 Å². The van der Waals surface area contributed by atoms with Gasteiger partial charge in [0, 0.05) is 11.9 Å². The Hall–Kier alpha value is -1.76. The third-order valence-corrected chi connectivity index (χ3v) is 2.86. The molecule has 0 aliphatic rings. The van der Waals surface area contributed by atoms with Crippen LogP contribution in [0.25, 0.3) is 0 Å². The van der Waals surface area contributed by atoms with Crippen LogP contribution in [0.4, 0.5) is 5.69 Å². The molecule has 0 aromatic heterocycles. The van der Waals surface area contributed by atoms with Crippen LogP contribution in [0.15, 0.2) is 24.3 Å². The molecule has 7 heteroatoms. The number of hydrogen-bond donors (Lipinski definition) is 1. The molecule has 0 heterocycles. The Kier molecular flexibility index (Phi) is 4.96.